The number of pyridine rings is 2. The van der Waals surface area contributed by atoms with E-state index in [-0.39, 0.29) is 0 Å². The average molecular weight is 629 g/mol. The van der Waals surface area contributed by atoms with Crippen LogP contribution in [0.25, 0.3) is 22.5 Å². The number of aromatic nitrogens is 2. The molecule has 0 aliphatic carbocycles. The summed E-state index contributed by atoms with van der Waals surface area (Å²) < 4.78 is 33.2. The van der Waals surface area contributed by atoms with E-state index in [0.29, 0.717) is 46.6 Å². The minimum Gasteiger partial charge on any atom is -0.493 e. The van der Waals surface area contributed by atoms with Gasteiger partial charge in [0.1, 0.15) is 0 Å². The first-order chi connectivity index (χ1) is 22.3. The molecular weight excluding hydrogens is 584 g/mol. The van der Waals surface area contributed by atoms with Crippen LogP contribution in [0.1, 0.15) is 25.0 Å². The molecule has 0 bridgehead atoms. The second-order valence-corrected chi connectivity index (χ2v) is 11.5. The van der Waals surface area contributed by atoms with Crippen molar-refractivity contribution in [3.63, 3.8) is 0 Å². The molecular formula is C36H44N4O6. The van der Waals surface area contributed by atoms with Crippen molar-refractivity contribution in [2.24, 2.45) is 0 Å². The molecule has 2 aromatic heterocycles. The SMILES string of the molecule is COc1cc(-c2cc(CN3CC(C)N(Cc4ccnc(-c5cc(OC)c(OC)c(OC)c5)c4)[C@@H](C)C3)ccn2)cc(OC)c1OC. The zero-order valence-corrected chi connectivity index (χ0v) is 28.0. The van der Waals surface area contributed by atoms with Crippen LogP contribution < -0.4 is 28.4 Å². The summed E-state index contributed by atoms with van der Waals surface area (Å²) in [6, 6.07) is 16.9. The Kier molecular flexibility index (Phi) is 10.5. The molecule has 0 radical (unpaired) electrons. The number of piperazine rings is 1. The standard InChI is InChI=1S/C36H44N4O6/c1-23-19-39(21-25-9-11-37-29(13-25)27-15-31(41-3)35(45-7)32(16-27)42-4)20-24(2)40(23)22-26-10-12-38-30(14-26)28-17-33(43-5)36(46-8)34(18-28)44-6/h9-18,23-24H,19-22H2,1-8H3/t23-,24?/m0/s1. The zero-order valence-electron chi connectivity index (χ0n) is 28.0. The summed E-state index contributed by atoms with van der Waals surface area (Å²) in [6.45, 7) is 8.18. The molecule has 2 aromatic carbocycles. The number of hydrogen-bond donors (Lipinski definition) is 0. The second kappa shape index (κ2) is 14.7. The van der Waals surface area contributed by atoms with E-state index in [1.165, 1.54) is 11.1 Å². The van der Waals surface area contributed by atoms with Gasteiger partial charge in [-0.25, -0.2) is 0 Å². The van der Waals surface area contributed by atoms with Gasteiger partial charge in [0.2, 0.25) is 11.5 Å². The second-order valence-electron chi connectivity index (χ2n) is 11.5. The van der Waals surface area contributed by atoms with Crippen LogP contribution in [0.3, 0.4) is 0 Å². The highest BCUT2D eigenvalue weighted by molar-refractivity contribution is 5.70. The molecule has 46 heavy (non-hydrogen) atoms. The molecule has 1 aliphatic rings. The van der Waals surface area contributed by atoms with Crippen molar-refractivity contribution in [3.05, 3.63) is 72.1 Å². The summed E-state index contributed by atoms with van der Waals surface area (Å²) in [5.41, 5.74) is 5.94. The first-order valence-corrected chi connectivity index (χ1v) is 15.3. The van der Waals surface area contributed by atoms with Crippen molar-refractivity contribution in [1.82, 2.24) is 19.8 Å². The predicted molar refractivity (Wildman–Crippen MR) is 178 cm³/mol. The first kappa shape index (κ1) is 32.8. The maximum Gasteiger partial charge on any atom is 0.203 e. The smallest absolute Gasteiger partial charge is 0.203 e. The third-order valence-electron chi connectivity index (χ3n) is 8.52. The Morgan fingerprint density at radius 2 is 0.957 bits per heavy atom. The summed E-state index contributed by atoms with van der Waals surface area (Å²) >= 11 is 0. The molecule has 1 aliphatic heterocycles. The molecule has 1 saturated heterocycles. The topological polar surface area (TPSA) is 87.6 Å². The molecule has 244 valence electrons. The van der Waals surface area contributed by atoms with Gasteiger partial charge in [0.05, 0.1) is 54.0 Å². The number of rotatable bonds is 12. The predicted octanol–water partition coefficient (Wildman–Crippen LogP) is 5.96. The van der Waals surface area contributed by atoms with E-state index >= 15 is 0 Å². The lowest BCUT2D eigenvalue weighted by Crippen LogP contribution is -2.55. The number of ether oxygens (including phenoxy) is 6. The molecule has 0 spiro atoms. The van der Waals surface area contributed by atoms with Crippen molar-refractivity contribution >= 4 is 0 Å². The molecule has 3 heterocycles. The lowest BCUT2D eigenvalue weighted by molar-refractivity contribution is 0.0290. The Labute approximate surface area is 271 Å². The average Bonchev–Trinajstić information content (AvgIpc) is 3.08. The summed E-state index contributed by atoms with van der Waals surface area (Å²) in [5.74, 6) is 3.55. The van der Waals surface area contributed by atoms with E-state index in [0.717, 1.165) is 48.7 Å². The molecule has 5 rings (SSSR count). The molecule has 10 nitrogen and oxygen atoms in total. The number of methoxy groups -OCH3 is 6. The molecule has 2 atom stereocenters. The van der Waals surface area contributed by atoms with Crippen molar-refractivity contribution in [2.45, 2.75) is 39.0 Å². The van der Waals surface area contributed by atoms with Crippen molar-refractivity contribution < 1.29 is 28.4 Å². The summed E-state index contributed by atoms with van der Waals surface area (Å²) in [6.07, 6.45) is 3.74. The molecule has 1 fully saturated rings. The van der Waals surface area contributed by atoms with Crippen LogP contribution in [0.15, 0.2) is 60.9 Å². The summed E-state index contributed by atoms with van der Waals surface area (Å²) in [4.78, 5) is 14.4. The lowest BCUT2D eigenvalue weighted by atomic mass is 10.0. The van der Waals surface area contributed by atoms with Gasteiger partial charge in [-0.3, -0.25) is 19.8 Å². The van der Waals surface area contributed by atoms with Crippen molar-refractivity contribution in [2.75, 3.05) is 55.7 Å². The van der Waals surface area contributed by atoms with Crippen molar-refractivity contribution in [1.29, 1.82) is 0 Å². The largest absolute Gasteiger partial charge is 0.493 e. The fourth-order valence-corrected chi connectivity index (χ4v) is 6.29. The van der Waals surface area contributed by atoms with Gasteiger partial charge in [0, 0.05) is 61.8 Å². The van der Waals surface area contributed by atoms with E-state index in [9.17, 15) is 0 Å². The zero-order chi connectivity index (χ0) is 32.8. The summed E-state index contributed by atoms with van der Waals surface area (Å²) in [5, 5.41) is 0. The minimum absolute atomic E-state index is 0.359. The molecule has 1 unspecified atom stereocenters. The highest BCUT2D eigenvalue weighted by Gasteiger charge is 2.29. The fraction of sp³-hybridized carbons (Fsp3) is 0.389. The maximum absolute atomic E-state index is 5.57. The Hall–Kier alpha value is -4.54. The lowest BCUT2D eigenvalue weighted by Gasteiger charge is -2.44. The number of hydrogen-bond acceptors (Lipinski definition) is 10. The number of nitrogens with zero attached hydrogens (tertiary/aromatic N) is 4. The van der Waals surface area contributed by atoms with Gasteiger partial charge in [-0.15, -0.1) is 0 Å². The van der Waals surface area contributed by atoms with E-state index < -0.39 is 0 Å². The maximum atomic E-state index is 5.57. The normalized spacial score (nSPS) is 17.0. The highest BCUT2D eigenvalue weighted by Crippen LogP contribution is 2.42. The molecule has 4 aromatic rings. The Morgan fingerprint density at radius 1 is 0.565 bits per heavy atom. The molecule has 0 amide bonds. The van der Waals surface area contributed by atoms with E-state index in [1.54, 1.807) is 42.7 Å². The number of benzene rings is 2. The van der Waals surface area contributed by atoms with E-state index in [1.807, 2.05) is 36.7 Å². The van der Waals surface area contributed by atoms with Crippen LogP contribution >= 0.6 is 0 Å². The fourth-order valence-electron chi connectivity index (χ4n) is 6.29. The van der Waals surface area contributed by atoms with Crippen molar-refractivity contribution in [3.8, 4) is 57.0 Å². The van der Waals surface area contributed by atoms with E-state index in [4.69, 9.17) is 28.4 Å². The molecule has 0 saturated carbocycles. The van der Waals surface area contributed by atoms with Gasteiger partial charge >= 0.3 is 0 Å². The van der Waals surface area contributed by atoms with Gasteiger partial charge in [-0.2, -0.15) is 0 Å². The molecule has 0 N–H and O–H groups in total. The van der Waals surface area contributed by atoms with Gasteiger partial charge in [-0.05, 0) is 73.5 Å². The van der Waals surface area contributed by atoms with E-state index in [2.05, 4.69) is 57.9 Å². The van der Waals surface area contributed by atoms with Crippen LogP contribution in [0.4, 0.5) is 0 Å². The third-order valence-corrected chi connectivity index (χ3v) is 8.52. The van der Waals surface area contributed by atoms with Gasteiger partial charge < -0.3 is 28.4 Å². The quantitative estimate of drug-likeness (QED) is 0.187. The monoisotopic (exact) mass is 628 g/mol. The van der Waals surface area contributed by atoms with Crippen LogP contribution in [0, 0.1) is 0 Å². The summed E-state index contributed by atoms with van der Waals surface area (Å²) in [7, 11) is 9.69. The third kappa shape index (κ3) is 6.98. The van der Waals surface area contributed by atoms with Gasteiger partial charge in [0.25, 0.3) is 0 Å². The van der Waals surface area contributed by atoms with Crippen LogP contribution in [0.5, 0.6) is 34.5 Å². The van der Waals surface area contributed by atoms with Crippen LogP contribution in [0.2, 0.25) is 0 Å². The van der Waals surface area contributed by atoms with Gasteiger partial charge in [0.15, 0.2) is 23.0 Å². The van der Waals surface area contributed by atoms with Gasteiger partial charge in [-0.1, -0.05) is 0 Å². The van der Waals surface area contributed by atoms with Crippen LogP contribution in [-0.4, -0.2) is 87.6 Å². The Bertz CT molecular complexity index is 1580. The molecule has 10 heteroatoms. The Morgan fingerprint density at radius 3 is 1.33 bits per heavy atom. The Balaban J connectivity index is 1.28. The minimum atomic E-state index is 0.359. The highest BCUT2D eigenvalue weighted by atomic mass is 16.5. The first-order valence-electron chi connectivity index (χ1n) is 15.3. The van der Waals surface area contributed by atoms with Crippen LogP contribution in [-0.2, 0) is 13.1 Å².